The summed E-state index contributed by atoms with van der Waals surface area (Å²) in [5.41, 5.74) is 3.22. The monoisotopic (exact) mass is 440 g/mol. The summed E-state index contributed by atoms with van der Waals surface area (Å²) in [5.74, 6) is -0.183. The zero-order valence-electron chi connectivity index (χ0n) is 18.2. The van der Waals surface area contributed by atoms with Crippen molar-refractivity contribution in [1.82, 2.24) is 4.57 Å². The number of nitrogens with one attached hydrogen (secondary N) is 1. The first-order chi connectivity index (χ1) is 13.9. The minimum atomic E-state index is -1.05. The standard InChI is InChI=1S/C23H31ClN2O3.Na/c1-17(2)20-15-26(13-7-10-22(27)28)16-21(20)23(29)18-8-6-9-19(14-18)25-12-5-3-4-11-24;/h6,8-9,14-17,25H,3-5,7,10-13H2,1-2H3,(H,27,28);/q;+1/p-1. The zero-order valence-corrected chi connectivity index (χ0v) is 21.0. The largest absolute Gasteiger partial charge is 1.00 e. The Morgan fingerprint density at radius 3 is 2.57 bits per heavy atom. The van der Waals surface area contributed by atoms with Crippen LogP contribution in [0.4, 0.5) is 5.69 Å². The summed E-state index contributed by atoms with van der Waals surface area (Å²) >= 11 is 5.70. The van der Waals surface area contributed by atoms with Gasteiger partial charge in [-0.15, -0.1) is 11.6 Å². The molecule has 30 heavy (non-hydrogen) atoms. The number of carbonyl (C=O) groups excluding carboxylic acids is 2. The van der Waals surface area contributed by atoms with Crippen molar-refractivity contribution in [2.45, 2.75) is 58.4 Å². The van der Waals surface area contributed by atoms with E-state index in [4.69, 9.17) is 11.6 Å². The van der Waals surface area contributed by atoms with Crippen molar-refractivity contribution in [3.63, 3.8) is 0 Å². The number of halogens is 1. The van der Waals surface area contributed by atoms with Crippen LogP contribution in [0.5, 0.6) is 0 Å². The predicted octanol–water partition coefficient (Wildman–Crippen LogP) is 1.20. The minimum absolute atomic E-state index is 0. The number of carbonyl (C=O) groups is 2. The quantitative estimate of drug-likeness (QED) is 0.220. The molecule has 0 aliphatic rings. The number of anilines is 1. The van der Waals surface area contributed by atoms with Gasteiger partial charge in [0, 0.05) is 54.1 Å². The molecule has 7 heteroatoms. The SMILES string of the molecule is CC(C)c1cn(CCCC(=O)[O-])cc1C(=O)c1cccc(NCCCCCCl)c1.[Na+]. The second-order valence-electron chi connectivity index (χ2n) is 7.58. The van der Waals surface area contributed by atoms with E-state index in [1.165, 1.54) is 0 Å². The second-order valence-corrected chi connectivity index (χ2v) is 7.96. The van der Waals surface area contributed by atoms with Gasteiger partial charge in [0.15, 0.2) is 5.78 Å². The number of hydrogen-bond acceptors (Lipinski definition) is 4. The molecule has 0 aliphatic heterocycles. The van der Waals surface area contributed by atoms with E-state index < -0.39 is 5.97 Å². The van der Waals surface area contributed by atoms with Gasteiger partial charge in [0.2, 0.25) is 0 Å². The second kappa shape index (κ2) is 13.9. The van der Waals surface area contributed by atoms with Crippen molar-refractivity contribution in [2.24, 2.45) is 0 Å². The van der Waals surface area contributed by atoms with Crippen LogP contribution in [0, 0.1) is 0 Å². The number of alkyl halides is 1. The van der Waals surface area contributed by atoms with Crippen molar-refractivity contribution in [1.29, 1.82) is 0 Å². The van der Waals surface area contributed by atoms with Crippen LogP contribution in [0.2, 0.25) is 0 Å². The van der Waals surface area contributed by atoms with E-state index in [0.29, 0.717) is 30.0 Å². The van der Waals surface area contributed by atoms with Crippen LogP contribution in [0.15, 0.2) is 36.7 Å². The van der Waals surface area contributed by atoms with Gasteiger partial charge < -0.3 is 19.8 Å². The van der Waals surface area contributed by atoms with Gasteiger partial charge in [0.25, 0.3) is 0 Å². The summed E-state index contributed by atoms with van der Waals surface area (Å²) in [4.78, 5) is 23.8. The van der Waals surface area contributed by atoms with E-state index >= 15 is 0 Å². The third-order valence-electron chi connectivity index (χ3n) is 4.84. The Labute approximate surface area is 206 Å². The maximum Gasteiger partial charge on any atom is 1.00 e. The molecular weight excluding hydrogens is 411 g/mol. The number of ketones is 1. The summed E-state index contributed by atoms with van der Waals surface area (Å²) in [5, 5.41) is 14.0. The van der Waals surface area contributed by atoms with E-state index in [-0.39, 0.29) is 47.7 Å². The van der Waals surface area contributed by atoms with Crippen molar-refractivity contribution < 1.29 is 44.3 Å². The van der Waals surface area contributed by atoms with Crippen LogP contribution >= 0.6 is 11.6 Å². The van der Waals surface area contributed by atoms with E-state index in [0.717, 1.165) is 37.1 Å². The molecular formula is C23H30ClN2NaO3. The van der Waals surface area contributed by atoms with Gasteiger partial charge in [-0.2, -0.15) is 0 Å². The van der Waals surface area contributed by atoms with Crippen molar-refractivity contribution in [3.05, 3.63) is 53.3 Å². The summed E-state index contributed by atoms with van der Waals surface area (Å²) in [6.07, 6.45) is 7.41. The van der Waals surface area contributed by atoms with E-state index in [2.05, 4.69) is 19.2 Å². The molecule has 1 N–H and O–H groups in total. The third kappa shape index (κ3) is 8.46. The van der Waals surface area contributed by atoms with Gasteiger partial charge in [-0.05, 0) is 49.3 Å². The molecule has 0 atom stereocenters. The average Bonchev–Trinajstić information content (AvgIpc) is 3.12. The van der Waals surface area contributed by atoms with Crippen LogP contribution in [0.25, 0.3) is 0 Å². The van der Waals surface area contributed by atoms with Gasteiger partial charge in [-0.25, -0.2) is 0 Å². The summed E-state index contributed by atoms with van der Waals surface area (Å²) < 4.78 is 1.91. The summed E-state index contributed by atoms with van der Waals surface area (Å²) in [7, 11) is 0. The van der Waals surface area contributed by atoms with Gasteiger partial charge in [-0.3, -0.25) is 4.79 Å². The number of rotatable bonds is 13. The number of benzene rings is 1. The average molecular weight is 441 g/mol. The first-order valence-electron chi connectivity index (χ1n) is 10.3. The van der Waals surface area contributed by atoms with E-state index in [1.807, 2.05) is 41.2 Å². The van der Waals surface area contributed by atoms with Gasteiger partial charge in [0.1, 0.15) is 0 Å². The number of unbranched alkanes of at least 4 members (excludes halogenated alkanes) is 2. The summed E-state index contributed by atoms with van der Waals surface area (Å²) in [6.45, 7) is 5.50. The number of carboxylic acid groups (broad SMARTS) is 1. The maximum absolute atomic E-state index is 13.2. The molecule has 1 heterocycles. The molecule has 0 saturated carbocycles. The van der Waals surface area contributed by atoms with E-state index in [9.17, 15) is 14.7 Å². The number of hydrogen-bond donors (Lipinski definition) is 1. The Balaban J connectivity index is 0.00000450. The predicted molar refractivity (Wildman–Crippen MR) is 116 cm³/mol. The minimum Gasteiger partial charge on any atom is -0.550 e. The topological polar surface area (TPSA) is 74.2 Å². The number of aromatic nitrogens is 1. The zero-order chi connectivity index (χ0) is 21.2. The molecule has 158 valence electrons. The fraction of sp³-hybridized carbons (Fsp3) is 0.478. The number of aliphatic carboxylic acids is 1. The molecule has 0 bridgehead atoms. The normalized spacial score (nSPS) is 10.7. The Morgan fingerprint density at radius 2 is 1.90 bits per heavy atom. The fourth-order valence-electron chi connectivity index (χ4n) is 3.27. The Hall–Kier alpha value is -1.27. The molecule has 0 radical (unpaired) electrons. The number of aryl methyl sites for hydroxylation is 1. The Bertz CT molecular complexity index is 821. The van der Waals surface area contributed by atoms with E-state index in [1.54, 1.807) is 0 Å². The third-order valence-corrected chi connectivity index (χ3v) is 5.11. The van der Waals surface area contributed by atoms with Crippen LogP contribution in [-0.2, 0) is 11.3 Å². The fourth-order valence-corrected chi connectivity index (χ4v) is 3.45. The number of nitrogens with zero attached hydrogens (tertiary/aromatic N) is 1. The smallest absolute Gasteiger partial charge is 0.550 e. The van der Waals surface area contributed by atoms with Crippen molar-refractivity contribution >= 4 is 29.0 Å². The Kier molecular flexibility index (Phi) is 12.4. The van der Waals surface area contributed by atoms with Gasteiger partial charge in [0.05, 0.1) is 0 Å². The molecule has 5 nitrogen and oxygen atoms in total. The molecule has 0 unspecified atom stereocenters. The molecule has 0 saturated heterocycles. The first-order valence-corrected chi connectivity index (χ1v) is 10.8. The molecule has 0 spiro atoms. The molecule has 0 aliphatic carbocycles. The molecule has 2 aromatic rings. The van der Waals surface area contributed by atoms with Crippen LogP contribution in [0.3, 0.4) is 0 Å². The van der Waals surface area contributed by atoms with Crippen molar-refractivity contribution in [3.8, 4) is 0 Å². The molecule has 0 fully saturated rings. The maximum atomic E-state index is 13.2. The van der Waals surface area contributed by atoms with Crippen LogP contribution in [-0.4, -0.2) is 28.7 Å². The molecule has 1 aromatic carbocycles. The van der Waals surface area contributed by atoms with Crippen molar-refractivity contribution in [2.75, 3.05) is 17.7 Å². The molecule has 1 aromatic heterocycles. The van der Waals surface area contributed by atoms with Crippen LogP contribution < -0.4 is 40.0 Å². The van der Waals surface area contributed by atoms with Gasteiger partial charge >= 0.3 is 29.6 Å². The van der Waals surface area contributed by atoms with Gasteiger partial charge in [-0.1, -0.05) is 32.4 Å². The molecule has 2 rings (SSSR count). The first kappa shape index (κ1) is 26.8. The number of carboxylic acids is 1. The molecule has 0 amide bonds. The summed E-state index contributed by atoms with van der Waals surface area (Å²) in [6, 6.07) is 7.58. The Morgan fingerprint density at radius 1 is 1.13 bits per heavy atom. The van der Waals surface area contributed by atoms with Crippen LogP contribution in [0.1, 0.15) is 73.4 Å².